The Balaban J connectivity index is 2.00. The second-order valence-electron chi connectivity index (χ2n) is 3.16. The number of para-hydroxylation sites is 1. The van der Waals surface area contributed by atoms with Crippen molar-refractivity contribution >= 4 is 5.91 Å². The largest absolute Gasteiger partial charge is 0.494 e. The molecule has 0 aromatic heterocycles. The Morgan fingerprint density at radius 2 is 2.07 bits per heavy atom. The van der Waals surface area contributed by atoms with Crippen LogP contribution in [0, 0.1) is 0 Å². The van der Waals surface area contributed by atoms with Crippen molar-refractivity contribution in [3.8, 4) is 5.75 Å². The average Bonchev–Trinajstić information content (AvgIpc) is 2.24. The number of nitrogens with one attached hydrogen (secondary N) is 1. The predicted molar refractivity (Wildman–Crippen MR) is 58.6 cm³/mol. The SMILES string of the molecule is NC(=O)CNCCCOc1ccccc1. The number of hydrogen-bond acceptors (Lipinski definition) is 3. The van der Waals surface area contributed by atoms with Crippen LogP contribution >= 0.6 is 0 Å². The zero-order valence-electron chi connectivity index (χ0n) is 8.61. The molecule has 82 valence electrons. The van der Waals surface area contributed by atoms with E-state index in [0.717, 1.165) is 18.7 Å². The van der Waals surface area contributed by atoms with Gasteiger partial charge in [0.15, 0.2) is 0 Å². The van der Waals surface area contributed by atoms with E-state index in [1.165, 1.54) is 0 Å². The van der Waals surface area contributed by atoms with Crippen molar-refractivity contribution in [2.24, 2.45) is 5.73 Å². The third-order valence-electron chi connectivity index (χ3n) is 1.81. The summed E-state index contributed by atoms with van der Waals surface area (Å²) in [5.74, 6) is 0.534. The van der Waals surface area contributed by atoms with Gasteiger partial charge in [0.1, 0.15) is 5.75 Å². The van der Waals surface area contributed by atoms with E-state index in [0.29, 0.717) is 6.61 Å². The summed E-state index contributed by atoms with van der Waals surface area (Å²) in [5.41, 5.74) is 4.97. The molecule has 1 amide bonds. The fourth-order valence-electron chi connectivity index (χ4n) is 1.12. The maximum Gasteiger partial charge on any atom is 0.231 e. The number of hydrogen-bond donors (Lipinski definition) is 2. The van der Waals surface area contributed by atoms with Gasteiger partial charge in [-0.2, -0.15) is 0 Å². The lowest BCUT2D eigenvalue weighted by molar-refractivity contribution is -0.117. The van der Waals surface area contributed by atoms with Gasteiger partial charge in [0.2, 0.25) is 5.91 Å². The fraction of sp³-hybridized carbons (Fsp3) is 0.364. The van der Waals surface area contributed by atoms with Crippen molar-refractivity contribution in [2.45, 2.75) is 6.42 Å². The predicted octanol–water partition coefficient (Wildman–Crippen LogP) is 0.530. The van der Waals surface area contributed by atoms with Crippen LogP contribution in [0.4, 0.5) is 0 Å². The van der Waals surface area contributed by atoms with E-state index in [9.17, 15) is 4.79 Å². The van der Waals surface area contributed by atoms with Crippen molar-refractivity contribution in [1.82, 2.24) is 5.32 Å². The van der Waals surface area contributed by atoms with Crippen LogP contribution in [0.2, 0.25) is 0 Å². The van der Waals surface area contributed by atoms with Crippen molar-refractivity contribution in [1.29, 1.82) is 0 Å². The van der Waals surface area contributed by atoms with Gasteiger partial charge in [-0.15, -0.1) is 0 Å². The second kappa shape index (κ2) is 6.84. The minimum Gasteiger partial charge on any atom is -0.494 e. The third-order valence-corrected chi connectivity index (χ3v) is 1.81. The Kier molecular flexibility index (Phi) is 5.25. The number of benzene rings is 1. The fourth-order valence-corrected chi connectivity index (χ4v) is 1.12. The molecule has 15 heavy (non-hydrogen) atoms. The normalized spacial score (nSPS) is 9.87. The Bertz CT molecular complexity index is 288. The first kappa shape index (κ1) is 11.5. The van der Waals surface area contributed by atoms with Crippen LogP contribution < -0.4 is 15.8 Å². The standard InChI is InChI=1S/C11H16N2O2/c12-11(14)9-13-7-4-8-15-10-5-2-1-3-6-10/h1-3,5-6,13H,4,7-9H2,(H2,12,14). The molecule has 0 saturated carbocycles. The highest BCUT2D eigenvalue weighted by atomic mass is 16.5. The molecule has 0 aliphatic carbocycles. The van der Waals surface area contributed by atoms with Crippen molar-refractivity contribution in [2.75, 3.05) is 19.7 Å². The Morgan fingerprint density at radius 1 is 1.33 bits per heavy atom. The molecular weight excluding hydrogens is 192 g/mol. The summed E-state index contributed by atoms with van der Waals surface area (Å²) in [7, 11) is 0. The van der Waals surface area contributed by atoms with Crippen LogP contribution in [0.1, 0.15) is 6.42 Å². The molecule has 0 radical (unpaired) electrons. The van der Waals surface area contributed by atoms with Gasteiger partial charge in [-0.05, 0) is 25.1 Å². The first-order chi connectivity index (χ1) is 7.29. The molecule has 0 aliphatic heterocycles. The molecule has 0 spiro atoms. The van der Waals surface area contributed by atoms with E-state index in [-0.39, 0.29) is 12.5 Å². The van der Waals surface area contributed by atoms with Crippen LogP contribution in [0.3, 0.4) is 0 Å². The molecular formula is C11H16N2O2. The topological polar surface area (TPSA) is 64.4 Å². The van der Waals surface area contributed by atoms with Gasteiger partial charge in [0, 0.05) is 0 Å². The van der Waals surface area contributed by atoms with Gasteiger partial charge in [-0.1, -0.05) is 18.2 Å². The smallest absolute Gasteiger partial charge is 0.231 e. The summed E-state index contributed by atoms with van der Waals surface area (Å²) in [5, 5.41) is 2.92. The lowest BCUT2D eigenvalue weighted by Gasteiger charge is -2.05. The highest BCUT2D eigenvalue weighted by Gasteiger charge is 1.93. The quantitative estimate of drug-likeness (QED) is 0.642. The second-order valence-corrected chi connectivity index (χ2v) is 3.16. The van der Waals surface area contributed by atoms with Crippen LogP contribution in [0.25, 0.3) is 0 Å². The van der Waals surface area contributed by atoms with Crippen molar-refractivity contribution in [3.63, 3.8) is 0 Å². The van der Waals surface area contributed by atoms with Crippen LogP contribution in [-0.4, -0.2) is 25.6 Å². The molecule has 3 N–H and O–H groups in total. The van der Waals surface area contributed by atoms with Crippen LogP contribution in [-0.2, 0) is 4.79 Å². The Labute approximate surface area is 89.4 Å². The zero-order valence-corrected chi connectivity index (χ0v) is 8.61. The van der Waals surface area contributed by atoms with Crippen LogP contribution in [0.5, 0.6) is 5.75 Å². The first-order valence-corrected chi connectivity index (χ1v) is 4.96. The number of ether oxygens (including phenoxy) is 1. The highest BCUT2D eigenvalue weighted by molar-refractivity contribution is 5.75. The van der Waals surface area contributed by atoms with Gasteiger partial charge in [0.25, 0.3) is 0 Å². The molecule has 1 aromatic rings. The van der Waals surface area contributed by atoms with Gasteiger partial charge in [0.05, 0.1) is 13.2 Å². The van der Waals surface area contributed by atoms with E-state index in [2.05, 4.69) is 5.32 Å². The average molecular weight is 208 g/mol. The molecule has 0 unspecified atom stereocenters. The Morgan fingerprint density at radius 3 is 2.73 bits per heavy atom. The molecule has 0 saturated heterocycles. The zero-order chi connectivity index (χ0) is 10.9. The van der Waals surface area contributed by atoms with Gasteiger partial charge in [-0.25, -0.2) is 0 Å². The minimum absolute atomic E-state index is 0.228. The summed E-state index contributed by atoms with van der Waals surface area (Å²) >= 11 is 0. The lowest BCUT2D eigenvalue weighted by atomic mass is 10.3. The Hall–Kier alpha value is -1.55. The molecule has 0 aliphatic rings. The van der Waals surface area contributed by atoms with E-state index >= 15 is 0 Å². The highest BCUT2D eigenvalue weighted by Crippen LogP contribution is 2.07. The molecule has 4 nitrogen and oxygen atoms in total. The maximum atomic E-state index is 10.4. The number of amides is 1. The molecule has 1 rings (SSSR count). The van der Waals surface area contributed by atoms with Gasteiger partial charge in [-0.3, -0.25) is 4.79 Å². The van der Waals surface area contributed by atoms with Crippen molar-refractivity contribution < 1.29 is 9.53 Å². The van der Waals surface area contributed by atoms with Crippen LogP contribution in [0.15, 0.2) is 30.3 Å². The number of carbonyl (C=O) groups excluding carboxylic acids is 1. The minimum atomic E-state index is -0.334. The maximum absolute atomic E-state index is 10.4. The van der Waals surface area contributed by atoms with Crippen molar-refractivity contribution in [3.05, 3.63) is 30.3 Å². The first-order valence-electron chi connectivity index (χ1n) is 4.96. The molecule has 0 heterocycles. The van der Waals surface area contributed by atoms with Gasteiger partial charge >= 0.3 is 0 Å². The summed E-state index contributed by atoms with van der Waals surface area (Å²) in [6, 6.07) is 9.64. The summed E-state index contributed by atoms with van der Waals surface area (Å²) in [6.45, 7) is 1.59. The monoisotopic (exact) mass is 208 g/mol. The summed E-state index contributed by atoms with van der Waals surface area (Å²) < 4.78 is 5.46. The number of rotatable bonds is 7. The molecule has 0 bridgehead atoms. The molecule has 1 aromatic carbocycles. The lowest BCUT2D eigenvalue weighted by Crippen LogP contribution is -2.29. The molecule has 4 heteroatoms. The number of primary amides is 1. The molecule has 0 fully saturated rings. The summed E-state index contributed by atoms with van der Waals surface area (Å²) in [6.07, 6.45) is 0.849. The third kappa shape index (κ3) is 5.70. The van der Waals surface area contributed by atoms with E-state index in [4.69, 9.17) is 10.5 Å². The van der Waals surface area contributed by atoms with E-state index < -0.39 is 0 Å². The summed E-state index contributed by atoms with van der Waals surface area (Å²) in [4.78, 5) is 10.4. The molecule has 0 atom stereocenters. The number of carbonyl (C=O) groups is 1. The van der Waals surface area contributed by atoms with E-state index in [1.807, 2.05) is 30.3 Å². The van der Waals surface area contributed by atoms with Gasteiger partial charge < -0.3 is 15.8 Å². The van der Waals surface area contributed by atoms with E-state index in [1.54, 1.807) is 0 Å². The number of nitrogens with two attached hydrogens (primary N) is 1.